The van der Waals surface area contributed by atoms with Gasteiger partial charge in [0.1, 0.15) is 0 Å². The van der Waals surface area contributed by atoms with Gasteiger partial charge in [0.2, 0.25) is 5.78 Å². The van der Waals surface area contributed by atoms with Gasteiger partial charge in [-0.2, -0.15) is 0 Å². The quantitative estimate of drug-likeness (QED) is 0.299. The number of carboxylic acid groups (broad SMARTS) is 1. The van der Waals surface area contributed by atoms with Crippen LogP contribution in [0.1, 0.15) is 0 Å². The molecule has 1 N–H and O–H groups in total. The Morgan fingerprint density at radius 2 is 1.92 bits per heavy atom. The molecule has 0 saturated carbocycles. The van der Waals surface area contributed by atoms with Gasteiger partial charge in [0.05, 0.1) is 0 Å². The Balaban J connectivity index is 4.55. The van der Waals surface area contributed by atoms with Gasteiger partial charge >= 0.3 is 6.16 Å². The number of carbonyl (C=O) groups excluding carboxylic acids is 1. The molecule has 64 valence electrons. The number of ether oxygens (including phenoxy) is 1. The molecule has 0 amide bonds. The zero-order valence-corrected chi connectivity index (χ0v) is 6.32. The summed E-state index contributed by atoms with van der Waals surface area (Å²) in [6.45, 7) is 6.46. The first-order chi connectivity index (χ1) is 5.61. The van der Waals surface area contributed by atoms with Crippen LogP contribution in [-0.4, -0.2) is 17.0 Å². The van der Waals surface area contributed by atoms with Crippen molar-refractivity contribution in [2.45, 2.75) is 0 Å². The first-order valence-corrected chi connectivity index (χ1v) is 3.02. The van der Waals surface area contributed by atoms with E-state index in [-0.39, 0.29) is 5.76 Å². The maximum atomic E-state index is 10.8. The lowest BCUT2D eigenvalue weighted by molar-refractivity contribution is -0.114. The summed E-state index contributed by atoms with van der Waals surface area (Å²) in [5, 5.41) is 8.17. The molecule has 0 radical (unpaired) electrons. The van der Waals surface area contributed by atoms with Crippen LogP contribution >= 0.6 is 0 Å². The monoisotopic (exact) mass is 168 g/mol. The SMILES string of the molecule is C=CC=C(OC(=O)O)C(=O)C=C. The van der Waals surface area contributed by atoms with Gasteiger partial charge in [-0.15, -0.1) is 0 Å². The summed E-state index contributed by atoms with van der Waals surface area (Å²) in [4.78, 5) is 20.8. The van der Waals surface area contributed by atoms with Gasteiger partial charge in [-0.25, -0.2) is 4.79 Å². The normalized spacial score (nSPS) is 10.2. The van der Waals surface area contributed by atoms with E-state index in [9.17, 15) is 9.59 Å². The third kappa shape index (κ3) is 3.36. The molecule has 0 aliphatic rings. The van der Waals surface area contributed by atoms with Crippen LogP contribution in [0.3, 0.4) is 0 Å². The standard InChI is InChI=1S/C8H8O4/c1-3-5-7(6(9)4-2)12-8(10)11/h3-5H,1-2H2,(H,10,11). The van der Waals surface area contributed by atoms with E-state index in [1.54, 1.807) is 0 Å². The fraction of sp³-hybridized carbons (Fsp3) is 0. The second kappa shape index (κ2) is 4.90. The minimum Gasteiger partial charge on any atom is -0.449 e. The zero-order chi connectivity index (χ0) is 9.56. The molecule has 0 unspecified atom stereocenters. The largest absolute Gasteiger partial charge is 0.511 e. The first-order valence-electron chi connectivity index (χ1n) is 3.02. The molecule has 0 aromatic rings. The van der Waals surface area contributed by atoms with Crippen LogP contribution in [0.2, 0.25) is 0 Å². The number of allylic oxidation sites excluding steroid dienone is 3. The summed E-state index contributed by atoms with van der Waals surface area (Å²) in [6, 6.07) is 0. The topological polar surface area (TPSA) is 63.6 Å². The summed E-state index contributed by atoms with van der Waals surface area (Å²) < 4.78 is 4.13. The van der Waals surface area contributed by atoms with Gasteiger partial charge in [0, 0.05) is 0 Å². The maximum absolute atomic E-state index is 10.8. The highest BCUT2D eigenvalue weighted by Gasteiger charge is 2.09. The molecule has 0 aliphatic heterocycles. The Bertz CT molecular complexity index is 250. The number of carbonyl (C=O) groups is 2. The van der Waals surface area contributed by atoms with Crippen molar-refractivity contribution in [3.8, 4) is 0 Å². The molecular weight excluding hydrogens is 160 g/mol. The number of ketones is 1. The van der Waals surface area contributed by atoms with E-state index < -0.39 is 11.9 Å². The second-order valence-electron chi connectivity index (χ2n) is 1.70. The molecule has 4 nitrogen and oxygen atoms in total. The summed E-state index contributed by atoms with van der Waals surface area (Å²) in [5.74, 6) is -0.912. The van der Waals surface area contributed by atoms with Crippen molar-refractivity contribution in [1.29, 1.82) is 0 Å². The van der Waals surface area contributed by atoms with E-state index in [1.165, 1.54) is 6.08 Å². The minimum absolute atomic E-state index is 0.312. The van der Waals surface area contributed by atoms with Crippen molar-refractivity contribution in [1.82, 2.24) is 0 Å². The third-order valence-corrected chi connectivity index (χ3v) is 0.895. The Hall–Kier alpha value is -1.84. The van der Waals surface area contributed by atoms with Gasteiger partial charge in [-0.3, -0.25) is 4.79 Å². The Morgan fingerprint density at radius 1 is 1.33 bits per heavy atom. The second-order valence-corrected chi connectivity index (χ2v) is 1.70. The van der Waals surface area contributed by atoms with Crippen molar-refractivity contribution < 1.29 is 19.4 Å². The van der Waals surface area contributed by atoms with Crippen LogP contribution in [-0.2, 0) is 9.53 Å². The molecule has 0 fully saturated rings. The van der Waals surface area contributed by atoms with Crippen molar-refractivity contribution in [2.75, 3.05) is 0 Å². The van der Waals surface area contributed by atoms with Gasteiger partial charge in [0.15, 0.2) is 5.76 Å². The zero-order valence-electron chi connectivity index (χ0n) is 6.32. The number of rotatable bonds is 4. The number of hydrogen-bond donors (Lipinski definition) is 1. The van der Waals surface area contributed by atoms with Crippen molar-refractivity contribution in [3.05, 3.63) is 37.1 Å². The van der Waals surface area contributed by atoms with Crippen LogP contribution < -0.4 is 0 Å². The predicted octanol–water partition coefficient (Wildman–Crippen LogP) is 1.51. The molecule has 0 rings (SSSR count). The summed E-state index contributed by atoms with van der Waals surface area (Å²) >= 11 is 0. The lowest BCUT2D eigenvalue weighted by atomic mass is 10.3. The van der Waals surface area contributed by atoms with Gasteiger partial charge in [-0.05, 0) is 12.2 Å². The minimum atomic E-state index is -1.54. The maximum Gasteiger partial charge on any atom is 0.511 e. The molecule has 0 bridgehead atoms. The number of hydrogen-bond acceptors (Lipinski definition) is 3. The summed E-state index contributed by atoms with van der Waals surface area (Å²) in [6.07, 6.45) is 1.81. The lowest BCUT2D eigenvalue weighted by Crippen LogP contribution is -2.07. The van der Waals surface area contributed by atoms with Crippen LogP contribution in [0.5, 0.6) is 0 Å². The van der Waals surface area contributed by atoms with Gasteiger partial charge < -0.3 is 9.84 Å². The smallest absolute Gasteiger partial charge is 0.449 e. The van der Waals surface area contributed by atoms with Gasteiger partial charge in [-0.1, -0.05) is 19.2 Å². The Labute approximate surface area is 69.5 Å². The van der Waals surface area contributed by atoms with E-state index in [0.29, 0.717) is 0 Å². The molecule has 0 aromatic carbocycles. The highest BCUT2D eigenvalue weighted by molar-refractivity contribution is 6.03. The first kappa shape index (κ1) is 10.2. The van der Waals surface area contributed by atoms with Crippen LogP contribution in [0.4, 0.5) is 4.79 Å². The van der Waals surface area contributed by atoms with Crippen LogP contribution in [0, 0.1) is 0 Å². The summed E-state index contributed by atoms with van der Waals surface area (Å²) in [5.41, 5.74) is 0. The van der Waals surface area contributed by atoms with E-state index in [2.05, 4.69) is 17.9 Å². The highest BCUT2D eigenvalue weighted by atomic mass is 16.7. The lowest BCUT2D eigenvalue weighted by Gasteiger charge is -1.98. The molecule has 4 heteroatoms. The van der Waals surface area contributed by atoms with E-state index in [1.807, 2.05) is 0 Å². The molecular formula is C8H8O4. The highest BCUT2D eigenvalue weighted by Crippen LogP contribution is 2.00. The van der Waals surface area contributed by atoms with Gasteiger partial charge in [0.25, 0.3) is 0 Å². The molecule has 0 heterocycles. The van der Waals surface area contributed by atoms with Crippen molar-refractivity contribution in [2.24, 2.45) is 0 Å². The van der Waals surface area contributed by atoms with Crippen LogP contribution in [0.15, 0.2) is 37.1 Å². The Kier molecular flexibility index (Phi) is 4.15. The molecule has 0 saturated heterocycles. The fourth-order valence-corrected chi connectivity index (χ4v) is 0.468. The summed E-state index contributed by atoms with van der Waals surface area (Å²) in [7, 11) is 0. The predicted molar refractivity (Wildman–Crippen MR) is 42.6 cm³/mol. The van der Waals surface area contributed by atoms with E-state index in [4.69, 9.17) is 5.11 Å². The fourth-order valence-electron chi connectivity index (χ4n) is 0.468. The average Bonchev–Trinajstić information content (AvgIpc) is 2.01. The molecule has 0 aromatic heterocycles. The third-order valence-electron chi connectivity index (χ3n) is 0.895. The molecule has 12 heavy (non-hydrogen) atoms. The Morgan fingerprint density at radius 3 is 2.25 bits per heavy atom. The van der Waals surface area contributed by atoms with Crippen molar-refractivity contribution in [3.63, 3.8) is 0 Å². The van der Waals surface area contributed by atoms with Crippen molar-refractivity contribution >= 4 is 11.9 Å². The van der Waals surface area contributed by atoms with Crippen LogP contribution in [0.25, 0.3) is 0 Å². The molecule has 0 atom stereocenters. The average molecular weight is 168 g/mol. The van der Waals surface area contributed by atoms with E-state index >= 15 is 0 Å². The molecule has 0 spiro atoms. The molecule has 0 aliphatic carbocycles. The van der Waals surface area contributed by atoms with E-state index in [0.717, 1.165) is 12.2 Å².